The number of hydrogen-bond acceptors (Lipinski definition) is 5. The Labute approximate surface area is 108 Å². The van der Waals surface area contributed by atoms with E-state index in [1.54, 1.807) is 19.1 Å². The minimum atomic E-state index is -0.423. The van der Waals surface area contributed by atoms with Crippen LogP contribution in [0, 0.1) is 12.7 Å². The van der Waals surface area contributed by atoms with E-state index in [9.17, 15) is 4.39 Å². The maximum Gasteiger partial charge on any atom is 0.145 e. The molecule has 1 aromatic carbocycles. The van der Waals surface area contributed by atoms with Crippen molar-refractivity contribution in [3.8, 4) is 0 Å². The van der Waals surface area contributed by atoms with E-state index in [4.69, 9.17) is 17.4 Å². The molecule has 0 spiro atoms. The molecule has 1 aromatic heterocycles. The van der Waals surface area contributed by atoms with Gasteiger partial charge in [0.05, 0.1) is 0 Å². The first kappa shape index (κ1) is 12.5. The third-order valence-electron chi connectivity index (χ3n) is 2.12. The van der Waals surface area contributed by atoms with Crippen LogP contribution in [0.5, 0.6) is 0 Å². The van der Waals surface area contributed by atoms with Crippen molar-refractivity contribution in [1.82, 2.24) is 9.97 Å². The summed E-state index contributed by atoms with van der Waals surface area (Å²) in [6, 6.07) is 5.74. The number of benzene rings is 1. The number of hydrazine groups is 1. The molecule has 18 heavy (non-hydrogen) atoms. The molecule has 94 valence electrons. The predicted molar refractivity (Wildman–Crippen MR) is 69.3 cm³/mol. The van der Waals surface area contributed by atoms with Crippen molar-refractivity contribution >= 4 is 28.9 Å². The molecule has 0 amide bonds. The Balaban J connectivity index is 2.30. The van der Waals surface area contributed by atoms with Crippen LogP contribution in [0.15, 0.2) is 24.3 Å². The van der Waals surface area contributed by atoms with Crippen LogP contribution in [-0.2, 0) is 0 Å². The lowest BCUT2D eigenvalue weighted by Crippen LogP contribution is -2.10. The number of nitrogens with two attached hydrogens (primary N) is 1. The maximum atomic E-state index is 13.2. The van der Waals surface area contributed by atoms with Gasteiger partial charge in [-0.1, -0.05) is 11.6 Å². The van der Waals surface area contributed by atoms with Gasteiger partial charge in [0.15, 0.2) is 0 Å². The summed E-state index contributed by atoms with van der Waals surface area (Å²) in [4.78, 5) is 8.19. The van der Waals surface area contributed by atoms with Crippen LogP contribution in [-0.4, -0.2) is 9.97 Å². The van der Waals surface area contributed by atoms with Gasteiger partial charge < -0.3 is 10.7 Å². The third kappa shape index (κ3) is 3.06. The van der Waals surface area contributed by atoms with Gasteiger partial charge in [0.2, 0.25) is 0 Å². The molecule has 4 N–H and O–H groups in total. The van der Waals surface area contributed by atoms with Gasteiger partial charge >= 0.3 is 0 Å². The molecule has 2 aromatic rings. The topological polar surface area (TPSA) is 75.9 Å². The van der Waals surface area contributed by atoms with E-state index in [0.29, 0.717) is 28.2 Å². The second-order valence-electron chi connectivity index (χ2n) is 3.61. The Kier molecular flexibility index (Phi) is 3.59. The van der Waals surface area contributed by atoms with Gasteiger partial charge in [-0.05, 0) is 25.1 Å². The van der Waals surface area contributed by atoms with Crippen LogP contribution in [0.3, 0.4) is 0 Å². The lowest BCUT2D eigenvalue weighted by atomic mass is 10.3. The number of nitrogens with one attached hydrogen (secondary N) is 2. The first-order valence-corrected chi connectivity index (χ1v) is 5.50. The number of hydrogen-bond donors (Lipinski definition) is 3. The number of nitrogen functional groups attached to an aromatic ring is 1. The molecule has 0 saturated carbocycles. The molecule has 7 heteroatoms. The summed E-state index contributed by atoms with van der Waals surface area (Å²) in [5, 5.41) is 3.24. The molecule has 0 radical (unpaired) electrons. The van der Waals surface area contributed by atoms with E-state index in [2.05, 4.69) is 20.7 Å². The second kappa shape index (κ2) is 5.16. The van der Waals surface area contributed by atoms with Crippen LogP contribution in [0.2, 0.25) is 5.02 Å². The zero-order chi connectivity index (χ0) is 13.1. The minimum absolute atomic E-state index is 0.306. The molecule has 0 fully saturated rings. The Morgan fingerprint density at radius 1 is 1.17 bits per heavy atom. The molecular formula is C11H11ClFN5. The van der Waals surface area contributed by atoms with Crippen molar-refractivity contribution in [3.63, 3.8) is 0 Å². The minimum Gasteiger partial charge on any atom is -0.340 e. The summed E-state index contributed by atoms with van der Waals surface area (Å²) in [5.74, 6) is 6.36. The molecule has 0 atom stereocenters. The monoisotopic (exact) mass is 267 g/mol. The van der Waals surface area contributed by atoms with E-state index >= 15 is 0 Å². The molecule has 0 aliphatic carbocycles. The summed E-state index contributed by atoms with van der Waals surface area (Å²) in [6.07, 6.45) is 0. The lowest BCUT2D eigenvalue weighted by molar-refractivity contribution is 0.628. The molecule has 0 aliphatic heterocycles. The van der Waals surface area contributed by atoms with Crippen LogP contribution in [0.4, 0.5) is 21.7 Å². The summed E-state index contributed by atoms with van der Waals surface area (Å²) >= 11 is 5.76. The molecular weight excluding hydrogens is 257 g/mol. The van der Waals surface area contributed by atoms with Gasteiger partial charge in [-0.2, -0.15) is 0 Å². The zero-order valence-corrected chi connectivity index (χ0v) is 10.3. The number of rotatable bonds is 3. The van der Waals surface area contributed by atoms with Gasteiger partial charge in [-0.15, -0.1) is 0 Å². The fraction of sp³-hybridized carbons (Fsp3) is 0.0909. The highest BCUT2D eigenvalue weighted by Crippen LogP contribution is 2.22. The highest BCUT2D eigenvalue weighted by Gasteiger charge is 2.03. The van der Waals surface area contributed by atoms with E-state index < -0.39 is 5.82 Å². The third-order valence-corrected chi connectivity index (χ3v) is 2.34. The molecule has 0 aliphatic rings. The molecule has 0 saturated heterocycles. The van der Waals surface area contributed by atoms with E-state index in [-0.39, 0.29) is 0 Å². The quantitative estimate of drug-likeness (QED) is 0.589. The molecule has 5 nitrogen and oxygen atoms in total. The Morgan fingerprint density at radius 2 is 1.89 bits per heavy atom. The summed E-state index contributed by atoms with van der Waals surface area (Å²) in [7, 11) is 0. The van der Waals surface area contributed by atoms with E-state index in [1.807, 2.05) is 0 Å². The van der Waals surface area contributed by atoms with E-state index in [0.717, 1.165) is 0 Å². The van der Waals surface area contributed by atoms with Crippen LogP contribution >= 0.6 is 11.6 Å². The molecule has 0 bridgehead atoms. The number of anilines is 3. The lowest BCUT2D eigenvalue weighted by Gasteiger charge is -2.08. The van der Waals surface area contributed by atoms with Crippen molar-refractivity contribution in [2.45, 2.75) is 6.92 Å². The smallest absolute Gasteiger partial charge is 0.145 e. The second-order valence-corrected chi connectivity index (χ2v) is 4.05. The number of aryl methyl sites for hydroxylation is 1. The normalized spacial score (nSPS) is 10.2. The van der Waals surface area contributed by atoms with Crippen molar-refractivity contribution in [3.05, 3.63) is 40.9 Å². The van der Waals surface area contributed by atoms with E-state index in [1.165, 1.54) is 12.1 Å². The number of nitrogens with zero attached hydrogens (tertiary/aromatic N) is 2. The van der Waals surface area contributed by atoms with Crippen molar-refractivity contribution in [1.29, 1.82) is 0 Å². The number of halogens is 2. The van der Waals surface area contributed by atoms with Gasteiger partial charge in [-0.25, -0.2) is 20.2 Å². The SMILES string of the molecule is Cc1nc(NN)cc(Nc2cc(F)cc(Cl)c2)n1. The van der Waals surface area contributed by atoms with Gasteiger partial charge in [0.1, 0.15) is 23.3 Å². The van der Waals surface area contributed by atoms with Crippen molar-refractivity contribution in [2.75, 3.05) is 10.7 Å². The highest BCUT2D eigenvalue weighted by molar-refractivity contribution is 6.30. The van der Waals surface area contributed by atoms with Gasteiger partial charge in [0, 0.05) is 16.8 Å². The Morgan fingerprint density at radius 3 is 2.56 bits per heavy atom. The average Bonchev–Trinajstić information content (AvgIpc) is 2.26. The zero-order valence-electron chi connectivity index (χ0n) is 9.54. The van der Waals surface area contributed by atoms with Gasteiger partial charge in [-0.3, -0.25) is 0 Å². The summed E-state index contributed by atoms with van der Waals surface area (Å²) in [5.41, 5.74) is 2.93. The average molecular weight is 268 g/mol. The fourth-order valence-corrected chi connectivity index (χ4v) is 1.70. The molecule has 1 heterocycles. The standard InChI is InChI=1S/C11H11ClFN5/c1-6-15-10(5-11(16-6)18-14)17-9-3-7(12)2-8(13)4-9/h2-5H,14H2,1H3,(H2,15,16,17,18). The Bertz CT molecular complexity index is 555. The van der Waals surface area contributed by atoms with Gasteiger partial charge in [0.25, 0.3) is 0 Å². The fourth-order valence-electron chi connectivity index (χ4n) is 1.48. The predicted octanol–water partition coefficient (Wildman–Crippen LogP) is 2.61. The van der Waals surface area contributed by atoms with Crippen LogP contribution in [0.25, 0.3) is 0 Å². The largest absolute Gasteiger partial charge is 0.340 e. The van der Waals surface area contributed by atoms with Crippen molar-refractivity contribution < 1.29 is 4.39 Å². The van der Waals surface area contributed by atoms with Crippen LogP contribution in [0.1, 0.15) is 5.82 Å². The summed E-state index contributed by atoms with van der Waals surface area (Å²) < 4.78 is 13.2. The highest BCUT2D eigenvalue weighted by atomic mass is 35.5. The van der Waals surface area contributed by atoms with Crippen LogP contribution < -0.4 is 16.6 Å². The molecule has 0 unspecified atom stereocenters. The first-order valence-electron chi connectivity index (χ1n) is 5.12. The first-order chi connectivity index (χ1) is 8.56. The van der Waals surface area contributed by atoms with Crippen molar-refractivity contribution in [2.24, 2.45) is 5.84 Å². The summed E-state index contributed by atoms with van der Waals surface area (Å²) in [6.45, 7) is 1.73. The number of aromatic nitrogens is 2. The Hall–Kier alpha value is -1.92. The molecule has 2 rings (SSSR count). The maximum absolute atomic E-state index is 13.2.